The van der Waals surface area contributed by atoms with Crippen LogP contribution in [0.3, 0.4) is 0 Å². The van der Waals surface area contributed by atoms with E-state index in [9.17, 15) is 25.1 Å². The van der Waals surface area contributed by atoms with Gasteiger partial charge in [0, 0.05) is 11.3 Å². The molecule has 0 aliphatic heterocycles. The topological polar surface area (TPSA) is 110 Å². The summed E-state index contributed by atoms with van der Waals surface area (Å²) in [6.45, 7) is 5.21. The van der Waals surface area contributed by atoms with Gasteiger partial charge in [0.05, 0.1) is 5.41 Å². The third kappa shape index (κ3) is 2.09. The fourth-order valence-corrected chi connectivity index (χ4v) is 3.37. The van der Waals surface area contributed by atoms with Crippen molar-refractivity contribution < 1.29 is 24.7 Å². The van der Waals surface area contributed by atoms with Crippen LogP contribution in [-0.4, -0.2) is 44.5 Å². The van der Waals surface area contributed by atoms with E-state index >= 15 is 0 Å². The number of carbonyl (C=O) groups is 1. The highest BCUT2D eigenvalue weighted by Crippen LogP contribution is 2.54. The maximum atomic E-state index is 12.3. The largest absolute Gasteiger partial charge is 0.460 e. The number of rotatable bonds is 2. The Labute approximate surface area is 117 Å². The third-order valence-electron chi connectivity index (χ3n) is 4.50. The molecular formula is C13H21NO6. The number of fused-ring (bicyclic) bond motifs is 3. The Bertz CT molecular complexity index is 429. The molecule has 0 amide bonds. The van der Waals surface area contributed by atoms with E-state index in [1.165, 1.54) is 0 Å². The van der Waals surface area contributed by atoms with Gasteiger partial charge in [-0.1, -0.05) is 0 Å². The van der Waals surface area contributed by atoms with Crippen LogP contribution in [0.15, 0.2) is 0 Å². The lowest BCUT2D eigenvalue weighted by Crippen LogP contribution is -2.69. The minimum Gasteiger partial charge on any atom is -0.460 e. The highest BCUT2D eigenvalue weighted by atomic mass is 16.6. The third-order valence-corrected chi connectivity index (χ3v) is 4.50. The van der Waals surface area contributed by atoms with Crippen LogP contribution in [0.25, 0.3) is 0 Å². The van der Waals surface area contributed by atoms with Crippen molar-refractivity contribution in [1.29, 1.82) is 0 Å². The van der Waals surface area contributed by atoms with Gasteiger partial charge in [-0.25, -0.2) is 0 Å². The molecule has 7 nitrogen and oxygen atoms in total. The smallest absolute Gasteiger partial charge is 0.312 e. The molecule has 0 saturated heterocycles. The molecule has 0 heterocycles. The molecule has 3 fully saturated rings. The molecule has 3 saturated carbocycles. The van der Waals surface area contributed by atoms with Crippen molar-refractivity contribution in [3.8, 4) is 0 Å². The second-order valence-corrected chi connectivity index (χ2v) is 6.97. The summed E-state index contributed by atoms with van der Waals surface area (Å²) in [6, 6.07) is 0. The number of aliphatic hydroxyl groups is 2. The number of ether oxygens (including phenoxy) is 1. The van der Waals surface area contributed by atoms with Crippen molar-refractivity contribution in [1.82, 2.24) is 0 Å². The van der Waals surface area contributed by atoms with Crippen molar-refractivity contribution in [3.05, 3.63) is 10.1 Å². The van der Waals surface area contributed by atoms with Gasteiger partial charge >= 0.3 is 5.97 Å². The Kier molecular flexibility index (Phi) is 3.33. The minimum atomic E-state index is -1.73. The van der Waals surface area contributed by atoms with E-state index in [-0.39, 0.29) is 25.7 Å². The minimum absolute atomic E-state index is 0.0123. The lowest BCUT2D eigenvalue weighted by atomic mass is 9.54. The monoisotopic (exact) mass is 287 g/mol. The standard InChI is InChI=1S/C13H21NO6/c1-11(2,3)20-10(17)12-4-5-13(14(18)19,8(15)6-12)9(16)7-12/h8-9,15-16H,4-7H2,1-3H3. The first-order valence-electron chi connectivity index (χ1n) is 6.78. The molecule has 7 heteroatoms. The fraction of sp³-hybridized carbons (Fsp3) is 0.923. The normalized spacial score (nSPS) is 40.5. The zero-order valence-corrected chi connectivity index (χ0v) is 12.0. The molecule has 3 aliphatic carbocycles. The predicted octanol–water partition coefficient (Wildman–Crippen LogP) is 0.639. The van der Waals surface area contributed by atoms with E-state index in [0.29, 0.717) is 0 Å². The molecule has 0 aromatic rings. The van der Waals surface area contributed by atoms with E-state index in [1.54, 1.807) is 20.8 Å². The lowest BCUT2D eigenvalue weighted by Gasteiger charge is -2.52. The number of aliphatic hydroxyl groups excluding tert-OH is 2. The zero-order chi connectivity index (χ0) is 15.3. The van der Waals surface area contributed by atoms with Crippen LogP contribution < -0.4 is 0 Å². The Balaban J connectivity index is 2.27. The molecule has 0 radical (unpaired) electrons. The summed E-state index contributed by atoms with van der Waals surface area (Å²) in [6.07, 6.45) is -2.47. The number of nitrogens with zero attached hydrogens (tertiary/aromatic N) is 1. The Morgan fingerprint density at radius 1 is 1.25 bits per heavy atom. The van der Waals surface area contributed by atoms with Crippen molar-refractivity contribution in [2.24, 2.45) is 5.41 Å². The average molecular weight is 287 g/mol. The Morgan fingerprint density at radius 2 is 1.75 bits per heavy atom. The van der Waals surface area contributed by atoms with Crippen LogP contribution in [0, 0.1) is 15.5 Å². The summed E-state index contributed by atoms with van der Waals surface area (Å²) in [5.41, 5.74) is -3.41. The summed E-state index contributed by atoms with van der Waals surface area (Å²) in [5, 5.41) is 31.4. The molecule has 2 bridgehead atoms. The average Bonchev–Trinajstić information content (AvgIpc) is 2.26. The van der Waals surface area contributed by atoms with Gasteiger partial charge in [-0.3, -0.25) is 14.9 Å². The first kappa shape index (κ1) is 15.2. The number of hydrogen-bond acceptors (Lipinski definition) is 6. The maximum Gasteiger partial charge on any atom is 0.312 e. The highest BCUT2D eigenvalue weighted by Gasteiger charge is 2.69. The van der Waals surface area contributed by atoms with Crippen LogP contribution in [0.1, 0.15) is 46.5 Å². The molecule has 2 unspecified atom stereocenters. The second kappa shape index (κ2) is 4.39. The number of hydrogen-bond donors (Lipinski definition) is 2. The van der Waals surface area contributed by atoms with Gasteiger partial charge in [-0.2, -0.15) is 0 Å². The van der Waals surface area contributed by atoms with Crippen molar-refractivity contribution >= 4 is 5.97 Å². The number of carbonyl (C=O) groups excluding carboxylic acids is 1. The van der Waals surface area contributed by atoms with Crippen LogP contribution in [0.2, 0.25) is 0 Å². The summed E-state index contributed by atoms with van der Waals surface area (Å²) in [4.78, 5) is 23.0. The van der Waals surface area contributed by atoms with Gasteiger partial charge in [0.25, 0.3) is 5.54 Å². The molecule has 0 spiro atoms. The van der Waals surface area contributed by atoms with Gasteiger partial charge < -0.3 is 14.9 Å². The second-order valence-electron chi connectivity index (χ2n) is 6.97. The number of esters is 1. The molecule has 2 atom stereocenters. The predicted molar refractivity (Wildman–Crippen MR) is 68.5 cm³/mol. The van der Waals surface area contributed by atoms with E-state index in [1.807, 2.05) is 0 Å². The van der Waals surface area contributed by atoms with Crippen LogP contribution in [0.5, 0.6) is 0 Å². The summed E-state index contributed by atoms with van der Waals surface area (Å²) in [5.74, 6) is -0.486. The quantitative estimate of drug-likeness (QED) is 0.438. The van der Waals surface area contributed by atoms with E-state index in [0.717, 1.165) is 0 Å². The van der Waals surface area contributed by atoms with Gasteiger partial charge in [0.15, 0.2) is 0 Å². The molecule has 0 aromatic heterocycles. The van der Waals surface area contributed by atoms with Gasteiger partial charge in [0.2, 0.25) is 0 Å². The van der Waals surface area contributed by atoms with E-state index < -0.39 is 39.7 Å². The molecule has 20 heavy (non-hydrogen) atoms. The van der Waals surface area contributed by atoms with E-state index in [2.05, 4.69) is 0 Å². The first-order chi connectivity index (χ1) is 9.03. The van der Waals surface area contributed by atoms with Crippen molar-refractivity contribution in [2.45, 2.75) is 69.8 Å². The maximum absolute atomic E-state index is 12.3. The van der Waals surface area contributed by atoms with Crippen LogP contribution in [-0.2, 0) is 9.53 Å². The Hall–Kier alpha value is -1.21. The van der Waals surface area contributed by atoms with Crippen LogP contribution in [0.4, 0.5) is 0 Å². The summed E-state index contributed by atoms with van der Waals surface area (Å²) in [7, 11) is 0. The van der Waals surface area contributed by atoms with E-state index in [4.69, 9.17) is 4.74 Å². The summed E-state index contributed by atoms with van der Waals surface area (Å²) < 4.78 is 5.36. The lowest BCUT2D eigenvalue weighted by molar-refractivity contribution is -0.609. The Morgan fingerprint density at radius 3 is 2.10 bits per heavy atom. The molecular weight excluding hydrogens is 266 g/mol. The molecule has 3 rings (SSSR count). The molecule has 114 valence electrons. The molecule has 2 N–H and O–H groups in total. The van der Waals surface area contributed by atoms with Crippen molar-refractivity contribution in [3.63, 3.8) is 0 Å². The van der Waals surface area contributed by atoms with Gasteiger partial charge in [-0.15, -0.1) is 0 Å². The molecule has 3 aliphatic rings. The number of nitro groups is 1. The van der Waals surface area contributed by atoms with Gasteiger partial charge in [0.1, 0.15) is 17.8 Å². The highest BCUT2D eigenvalue weighted by molar-refractivity contribution is 5.78. The van der Waals surface area contributed by atoms with Crippen LogP contribution >= 0.6 is 0 Å². The first-order valence-corrected chi connectivity index (χ1v) is 6.78. The molecule has 0 aromatic carbocycles. The van der Waals surface area contributed by atoms with Crippen molar-refractivity contribution in [2.75, 3.05) is 0 Å². The van der Waals surface area contributed by atoms with Gasteiger partial charge in [-0.05, 0) is 40.0 Å². The SMILES string of the molecule is CC(C)(C)OC(=O)C12CCC([N+](=O)[O-])(C(O)C1)C(O)C2. The summed E-state index contributed by atoms with van der Waals surface area (Å²) >= 11 is 0. The fourth-order valence-electron chi connectivity index (χ4n) is 3.37. The zero-order valence-electron chi connectivity index (χ0n) is 12.0.